The van der Waals surface area contributed by atoms with Gasteiger partial charge in [0.2, 0.25) is 0 Å². The van der Waals surface area contributed by atoms with E-state index in [4.69, 9.17) is 5.26 Å². The Bertz CT molecular complexity index is 355. The van der Waals surface area contributed by atoms with Gasteiger partial charge in [0.05, 0.1) is 6.07 Å². The summed E-state index contributed by atoms with van der Waals surface area (Å²) in [6.45, 7) is 3.01. The van der Waals surface area contributed by atoms with Crippen LogP contribution in [-0.2, 0) is 0 Å². The maximum atomic E-state index is 8.37. The molecule has 1 rings (SSSR count). The zero-order chi connectivity index (χ0) is 11.1. The lowest BCUT2D eigenvalue weighted by molar-refractivity contribution is 0.784. The van der Waals surface area contributed by atoms with Crippen molar-refractivity contribution < 1.29 is 0 Å². The fourth-order valence-electron chi connectivity index (χ4n) is 1.32. The summed E-state index contributed by atoms with van der Waals surface area (Å²) in [7, 11) is 0. The molecule has 0 amide bonds. The largest absolute Gasteiger partial charge is 0.385 e. The van der Waals surface area contributed by atoms with Crippen LogP contribution in [0.5, 0.6) is 0 Å². The molecule has 15 heavy (non-hydrogen) atoms. The molecule has 0 fully saturated rings. The van der Waals surface area contributed by atoms with Gasteiger partial charge in [-0.15, -0.1) is 0 Å². The number of hydrogen-bond acceptors (Lipinski definition) is 2. The van der Waals surface area contributed by atoms with Crippen LogP contribution in [0.25, 0.3) is 0 Å². The van der Waals surface area contributed by atoms with Gasteiger partial charge in [-0.2, -0.15) is 5.26 Å². The fraction of sp³-hybridized carbons (Fsp3) is 0.417. The number of hydrogen-bond donors (Lipinski definition) is 1. The first kappa shape index (κ1) is 12.1. The van der Waals surface area contributed by atoms with E-state index in [1.54, 1.807) is 0 Å². The van der Waals surface area contributed by atoms with Crippen LogP contribution in [0, 0.1) is 18.3 Å². The van der Waals surface area contributed by atoms with Gasteiger partial charge in [-0.25, -0.2) is 0 Å². The molecule has 0 spiro atoms. The molecule has 0 heterocycles. The van der Waals surface area contributed by atoms with E-state index < -0.39 is 0 Å². The Labute approximate surface area is 99.4 Å². The van der Waals surface area contributed by atoms with Crippen LogP contribution < -0.4 is 5.32 Å². The molecule has 0 bridgehead atoms. The molecule has 0 radical (unpaired) electrons. The molecule has 0 aromatic heterocycles. The van der Waals surface area contributed by atoms with E-state index in [-0.39, 0.29) is 0 Å². The number of nitrogens with zero attached hydrogens (tertiary/aromatic N) is 1. The number of nitriles is 1. The second-order valence-corrected chi connectivity index (χ2v) is 4.36. The quantitative estimate of drug-likeness (QED) is 0.822. The van der Waals surface area contributed by atoms with E-state index in [0.717, 1.165) is 29.5 Å². The molecule has 0 aliphatic heterocycles. The minimum Gasteiger partial charge on any atom is -0.385 e. The van der Waals surface area contributed by atoms with E-state index in [2.05, 4.69) is 46.4 Å². The van der Waals surface area contributed by atoms with Crippen molar-refractivity contribution in [2.45, 2.75) is 26.2 Å². The van der Waals surface area contributed by atoms with Crippen molar-refractivity contribution in [1.29, 1.82) is 5.26 Å². The van der Waals surface area contributed by atoms with Gasteiger partial charge in [-0.05, 0) is 43.5 Å². The van der Waals surface area contributed by atoms with E-state index in [9.17, 15) is 0 Å². The standard InChI is InChI=1S/C12H15BrN2/c1-10-9-11(5-6-12(10)13)15-8-4-2-3-7-14/h5-6,9,15H,2-4,8H2,1H3. The molecule has 0 aliphatic carbocycles. The molecule has 0 saturated carbocycles. The lowest BCUT2D eigenvalue weighted by atomic mass is 10.2. The highest BCUT2D eigenvalue weighted by Gasteiger charge is 1.96. The minimum absolute atomic E-state index is 0.654. The molecule has 80 valence electrons. The van der Waals surface area contributed by atoms with E-state index in [1.807, 2.05) is 6.07 Å². The Kier molecular flexibility index (Phi) is 5.20. The van der Waals surface area contributed by atoms with Crippen LogP contribution >= 0.6 is 15.9 Å². The van der Waals surface area contributed by atoms with Crippen LogP contribution in [-0.4, -0.2) is 6.54 Å². The van der Waals surface area contributed by atoms with Gasteiger partial charge < -0.3 is 5.32 Å². The average molecular weight is 267 g/mol. The Morgan fingerprint density at radius 3 is 2.87 bits per heavy atom. The molecule has 0 unspecified atom stereocenters. The fourth-order valence-corrected chi connectivity index (χ4v) is 1.56. The van der Waals surface area contributed by atoms with Gasteiger partial charge in [0, 0.05) is 23.1 Å². The Morgan fingerprint density at radius 1 is 1.40 bits per heavy atom. The molecule has 0 atom stereocenters. The van der Waals surface area contributed by atoms with Gasteiger partial charge in [0.1, 0.15) is 0 Å². The first-order chi connectivity index (χ1) is 7.24. The van der Waals surface area contributed by atoms with Gasteiger partial charge in [-0.3, -0.25) is 0 Å². The van der Waals surface area contributed by atoms with Gasteiger partial charge in [0.25, 0.3) is 0 Å². The smallest absolute Gasteiger partial charge is 0.0621 e. The molecule has 1 aromatic rings. The maximum Gasteiger partial charge on any atom is 0.0621 e. The predicted molar refractivity (Wildman–Crippen MR) is 66.8 cm³/mol. The van der Waals surface area contributed by atoms with Crippen molar-refractivity contribution in [1.82, 2.24) is 0 Å². The summed E-state index contributed by atoms with van der Waals surface area (Å²) in [5.74, 6) is 0. The van der Waals surface area contributed by atoms with Crippen molar-refractivity contribution >= 4 is 21.6 Å². The number of anilines is 1. The second kappa shape index (κ2) is 6.47. The lowest BCUT2D eigenvalue weighted by Gasteiger charge is -2.07. The predicted octanol–water partition coefficient (Wildman–Crippen LogP) is 3.86. The number of unbranched alkanes of at least 4 members (excludes halogenated alkanes) is 2. The SMILES string of the molecule is Cc1cc(NCCCCC#N)ccc1Br. The highest BCUT2D eigenvalue weighted by molar-refractivity contribution is 9.10. The zero-order valence-electron chi connectivity index (χ0n) is 8.89. The summed E-state index contributed by atoms with van der Waals surface area (Å²) >= 11 is 3.47. The normalized spacial score (nSPS) is 9.67. The third kappa shape index (κ3) is 4.35. The molecule has 2 nitrogen and oxygen atoms in total. The number of aryl methyl sites for hydroxylation is 1. The van der Waals surface area contributed by atoms with Gasteiger partial charge in [0.15, 0.2) is 0 Å². The highest BCUT2D eigenvalue weighted by atomic mass is 79.9. The van der Waals surface area contributed by atoms with E-state index >= 15 is 0 Å². The maximum absolute atomic E-state index is 8.37. The Balaban J connectivity index is 2.32. The minimum atomic E-state index is 0.654. The number of benzene rings is 1. The van der Waals surface area contributed by atoms with Crippen LogP contribution in [0.2, 0.25) is 0 Å². The monoisotopic (exact) mass is 266 g/mol. The third-order valence-electron chi connectivity index (χ3n) is 2.20. The lowest BCUT2D eigenvalue weighted by Crippen LogP contribution is -2.01. The molecular weight excluding hydrogens is 252 g/mol. The van der Waals surface area contributed by atoms with Gasteiger partial charge in [-0.1, -0.05) is 15.9 Å². The van der Waals surface area contributed by atoms with Gasteiger partial charge >= 0.3 is 0 Å². The van der Waals surface area contributed by atoms with Crippen LogP contribution in [0.4, 0.5) is 5.69 Å². The average Bonchev–Trinajstić information content (AvgIpc) is 2.23. The molecule has 1 N–H and O–H groups in total. The van der Waals surface area contributed by atoms with Crippen molar-refractivity contribution in [2.75, 3.05) is 11.9 Å². The molecular formula is C12H15BrN2. The first-order valence-corrected chi connectivity index (χ1v) is 5.90. The summed E-state index contributed by atoms with van der Waals surface area (Å²) in [6.07, 6.45) is 2.67. The van der Waals surface area contributed by atoms with Crippen LogP contribution in [0.1, 0.15) is 24.8 Å². The van der Waals surface area contributed by atoms with E-state index in [1.165, 1.54) is 5.56 Å². The van der Waals surface area contributed by atoms with E-state index in [0.29, 0.717) is 6.42 Å². The van der Waals surface area contributed by atoms with Crippen molar-refractivity contribution in [2.24, 2.45) is 0 Å². The van der Waals surface area contributed by atoms with Crippen LogP contribution in [0.3, 0.4) is 0 Å². The number of halogens is 1. The number of nitrogens with one attached hydrogen (secondary N) is 1. The first-order valence-electron chi connectivity index (χ1n) is 5.11. The summed E-state index contributed by atoms with van der Waals surface area (Å²) in [5, 5.41) is 11.7. The Morgan fingerprint density at radius 2 is 2.20 bits per heavy atom. The molecule has 0 aliphatic rings. The third-order valence-corrected chi connectivity index (χ3v) is 3.09. The topological polar surface area (TPSA) is 35.8 Å². The van der Waals surface area contributed by atoms with Crippen LogP contribution in [0.15, 0.2) is 22.7 Å². The summed E-state index contributed by atoms with van der Waals surface area (Å²) < 4.78 is 1.14. The van der Waals surface area contributed by atoms with Crippen molar-refractivity contribution in [3.63, 3.8) is 0 Å². The Hall–Kier alpha value is -1.01. The molecule has 0 saturated heterocycles. The molecule has 3 heteroatoms. The highest BCUT2D eigenvalue weighted by Crippen LogP contribution is 2.19. The second-order valence-electron chi connectivity index (χ2n) is 3.51. The summed E-state index contributed by atoms with van der Waals surface area (Å²) in [4.78, 5) is 0. The number of rotatable bonds is 5. The van der Waals surface area contributed by atoms with Crippen molar-refractivity contribution in [3.8, 4) is 6.07 Å². The summed E-state index contributed by atoms with van der Waals surface area (Å²) in [6, 6.07) is 8.37. The molecule has 1 aromatic carbocycles. The van der Waals surface area contributed by atoms with Crippen molar-refractivity contribution in [3.05, 3.63) is 28.2 Å². The summed E-state index contributed by atoms with van der Waals surface area (Å²) in [5.41, 5.74) is 2.38. The zero-order valence-corrected chi connectivity index (χ0v) is 10.5.